The van der Waals surface area contributed by atoms with Crippen LogP contribution in [0.2, 0.25) is 0 Å². The van der Waals surface area contributed by atoms with Crippen molar-refractivity contribution in [1.29, 1.82) is 0 Å². The van der Waals surface area contributed by atoms with Crippen molar-refractivity contribution in [2.45, 2.75) is 31.7 Å². The topological polar surface area (TPSA) is 71.1 Å². The van der Waals surface area contributed by atoms with Crippen LogP contribution in [0.3, 0.4) is 0 Å². The fraction of sp³-hybridized carbons (Fsp3) is 0.462. The van der Waals surface area contributed by atoms with Gasteiger partial charge in [0.1, 0.15) is 5.82 Å². The average molecular weight is 470 g/mol. The molecule has 0 bridgehead atoms. The predicted octanol–water partition coefficient (Wildman–Crippen LogP) is 3.80. The fourth-order valence-electron chi connectivity index (χ4n) is 5.06. The SMILES string of the molecule is COc1ccc(NC(=O)[C@H](C2CCCC2)N2CCN(C(=O)c3ccc(F)cc3)CC2)cc1OC. The molecular formula is C26H32FN3O4. The zero-order chi connectivity index (χ0) is 24.1. The minimum atomic E-state index is -0.360. The summed E-state index contributed by atoms with van der Waals surface area (Å²) in [5.41, 5.74) is 1.14. The molecule has 2 fully saturated rings. The fourth-order valence-corrected chi connectivity index (χ4v) is 5.06. The van der Waals surface area contributed by atoms with Crippen molar-refractivity contribution >= 4 is 17.5 Å². The molecule has 2 aromatic rings. The van der Waals surface area contributed by atoms with Crippen LogP contribution in [0.1, 0.15) is 36.0 Å². The molecule has 1 aliphatic heterocycles. The summed E-state index contributed by atoms with van der Waals surface area (Å²) < 4.78 is 23.9. The zero-order valence-corrected chi connectivity index (χ0v) is 19.8. The number of amides is 2. The Balaban J connectivity index is 1.44. The van der Waals surface area contributed by atoms with E-state index in [0.29, 0.717) is 54.8 Å². The van der Waals surface area contributed by atoms with Gasteiger partial charge in [0.15, 0.2) is 11.5 Å². The van der Waals surface area contributed by atoms with Gasteiger partial charge >= 0.3 is 0 Å². The van der Waals surface area contributed by atoms with Crippen molar-refractivity contribution in [3.8, 4) is 11.5 Å². The van der Waals surface area contributed by atoms with Gasteiger partial charge in [0.05, 0.1) is 20.3 Å². The Morgan fingerprint density at radius 2 is 1.59 bits per heavy atom. The van der Waals surface area contributed by atoms with Gasteiger partial charge in [0, 0.05) is 43.5 Å². The summed E-state index contributed by atoms with van der Waals surface area (Å²) in [6.07, 6.45) is 4.32. The number of carbonyl (C=O) groups is 2. The van der Waals surface area contributed by atoms with E-state index in [9.17, 15) is 14.0 Å². The molecule has 2 amide bonds. The summed E-state index contributed by atoms with van der Waals surface area (Å²) in [5.74, 6) is 0.963. The van der Waals surface area contributed by atoms with Gasteiger partial charge in [-0.05, 0) is 55.2 Å². The molecule has 0 radical (unpaired) electrons. The van der Waals surface area contributed by atoms with Crippen molar-refractivity contribution in [3.63, 3.8) is 0 Å². The number of rotatable bonds is 7. The number of halogens is 1. The molecular weight excluding hydrogens is 437 g/mol. The number of piperazine rings is 1. The molecule has 7 nitrogen and oxygen atoms in total. The molecule has 1 heterocycles. The maximum absolute atomic E-state index is 13.5. The molecule has 0 aromatic heterocycles. The molecule has 0 spiro atoms. The van der Waals surface area contributed by atoms with Gasteiger partial charge in [-0.1, -0.05) is 12.8 Å². The summed E-state index contributed by atoms with van der Waals surface area (Å²) >= 11 is 0. The third-order valence-corrected chi connectivity index (χ3v) is 6.85. The van der Waals surface area contributed by atoms with E-state index in [1.807, 2.05) is 6.07 Å². The number of ether oxygens (including phenoxy) is 2. The normalized spacial score (nSPS) is 17.9. The number of hydrogen-bond donors (Lipinski definition) is 1. The van der Waals surface area contributed by atoms with E-state index in [1.165, 1.54) is 24.3 Å². The number of methoxy groups -OCH3 is 2. The lowest BCUT2D eigenvalue weighted by atomic mass is 9.94. The first kappa shape index (κ1) is 24.0. The summed E-state index contributed by atoms with van der Waals surface area (Å²) in [7, 11) is 3.14. The van der Waals surface area contributed by atoms with Crippen molar-refractivity contribution in [2.75, 3.05) is 45.7 Å². The summed E-state index contributed by atoms with van der Waals surface area (Å²) in [5, 5.41) is 3.08. The van der Waals surface area contributed by atoms with Gasteiger partial charge in [-0.2, -0.15) is 0 Å². The first-order valence-corrected chi connectivity index (χ1v) is 11.8. The van der Waals surface area contributed by atoms with E-state index in [1.54, 1.807) is 31.3 Å². The summed E-state index contributed by atoms with van der Waals surface area (Å²) in [6, 6.07) is 10.7. The molecule has 1 aliphatic carbocycles. The monoisotopic (exact) mass is 469 g/mol. The second-order valence-corrected chi connectivity index (χ2v) is 8.88. The molecule has 1 saturated heterocycles. The number of nitrogens with zero attached hydrogens (tertiary/aromatic N) is 2. The molecule has 1 saturated carbocycles. The van der Waals surface area contributed by atoms with Crippen molar-refractivity contribution in [2.24, 2.45) is 5.92 Å². The first-order chi connectivity index (χ1) is 16.5. The van der Waals surface area contributed by atoms with Gasteiger partial charge in [-0.25, -0.2) is 4.39 Å². The maximum Gasteiger partial charge on any atom is 0.253 e. The van der Waals surface area contributed by atoms with Gasteiger partial charge in [0.2, 0.25) is 5.91 Å². The predicted molar refractivity (Wildman–Crippen MR) is 128 cm³/mol. The smallest absolute Gasteiger partial charge is 0.253 e. The molecule has 0 unspecified atom stereocenters. The Morgan fingerprint density at radius 3 is 2.21 bits per heavy atom. The van der Waals surface area contributed by atoms with Crippen LogP contribution in [-0.4, -0.2) is 68.1 Å². The summed E-state index contributed by atoms with van der Waals surface area (Å²) in [6.45, 7) is 2.30. The highest BCUT2D eigenvalue weighted by atomic mass is 19.1. The number of carbonyl (C=O) groups excluding carboxylic acids is 2. The Hall–Kier alpha value is -3.13. The molecule has 2 aromatic carbocycles. The maximum atomic E-state index is 13.5. The molecule has 1 N–H and O–H groups in total. The van der Waals surface area contributed by atoms with Gasteiger partial charge in [0.25, 0.3) is 5.91 Å². The number of benzene rings is 2. The highest BCUT2D eigenvalue weighted by Gasteiger charge is 2.37. The second kappa shape index (κ2) is 10.9. The standard InChI is InChI=1S/C26H32FN3O4/c1-33-22-12-11-21(17-23(22)34-2)28-25(31)24(18-5-3-4-6-18)29-13-15-30(16-14-29)26(32)19-7-9-20(27)10-8-19/h7-12,17-18,24H,3-6,13-16H2,1-2H3,(H,28,31)/t24-/m0/s1. The Labute approximate surface area is 199 Å². The van der Waals surface area contributed by atoms with E-state index in [4.69, 9.17) is 9.47 Å². The van der Waals surface area contributed by atoms with Gasteiger partial charge < -0.3 is 19.7 Å². The minimum Gasteiger partial charge on any atom is -0.493 e. The van der Waals surface area contributed by atoms with Crippen LogP contribution in [0.15, 0.2) is 42.5 Å². The van der Waals surface area contributed by atoms with Gasteiger partial charge in [-0.15, -0.1) is 0 Å². The number of nitrogens with one attached hydrogen (secondary N) is 1. The first-order valence-electron chi connectivity index (χ1n) is 11.8. The van der Waals surface area contributed by atoms with Crippen LogP contribution in [0, 0.1) is 11.7 Å². The molecule has 4 rings (SSSR count). The second-order valence-electron chi connectivity index (χ2n) is 8.88. The Morgan fingerprint density at radius 1 is 0.941 bits per heavy atom. The summed E-state index contributed by atoms with van der Waals surface area (Å²) in [4.78, 5) is 30.3. The largest absolute Gasteiger partial charge is 0.493 e. The van der Waals surface area contributed by atoms with Crippen molar-refractivity contribution in [3.05, 3.63) is 53.8 Å². The lowest BCUT2D eigenvalue weighted by Crippen LogP contribution is -2.56. The van der Waals surface area contributed by atoms with Crippen LogP contribution in [0.4, 0.5) is 10.1 Å². The van der Waals surface area contributed by atoms with Crippen LogP contribution >= 0.6 is 0 Å². The number of hydrogen-bond acceptors (Lipinski definition) is 5. The van der Waals surface area contributed by atoms with Gasteiger partial charge in [-0.3, -0.25) is 14.5 Å². The van der Waals surface area contributed by atoms with E-state index in [2.05, 4.69) is 10.2 Å². The zero-order valence-electron chi connectivity index (χ0n) is 19.8. The quantitative estimate of drug-likeness (QED) is 0.668. The molecule has 8 heteroatoms. The van der Waals surface area contributed by atoms with Crippen molar-refractivity contribution in [1.82, 2.24) is 9.80 Å². The third kappa shape index (κ3) is 5.33. The average Bonchev–Trinajstić information content (AvgIpc) is 3.39. The van der Waals surface area contributed by atoms with Crippen LogP contribution in [-0.2, 0) is 4.79 Å². The lowest BCUT2D eigenvalue weighted by molar-refractivity contribution is -0.123. The molecule has 1 atom stereocenters. The van der Waals surface area contributed by atoms with E-state index < -0.39 is 0 Å². The third-order valence-electron chi connectivity index (χ3n) is 6.85. The van der Waals surface area contributed by atoms with Crippen LogP contribution in [0.5, 0.6) is 11.5 Å². The number of anilines is 1. The van der Waals surface area contributed by atoms with Crippen molar-refractivity contribution < 1.29 is 23.5 Å². The van der Waals surface area contributed by atoms with E-state index in [0.717, 1.165) is 25.7 Å². The van der Waals surface area contributed by atoms with E-state index >= 15 is 0 Å². The lowest BCUT2D eigenvalue weighted by Gasteiger charge is -2.40. The highest BCUT2D eigenvalue weighted by molar-refractivity contribution is 5.96. The Kier molecular flexibility index (Phi) is 7.67. The molecule has 2 aliphatic rings. The van der Waals surface area contributed by atoms with Crippen LogP contribution in [0.25, 0.3) is 0 Å². The molecule has 34 heavy (non-hydrogen) atoms. The Bertz CT molecular complexity index is 1000. The molecule has 182 valence electrons. The highest BCUT2D eigenvalue weighted by Crippen LogP contribution is 2.33. The van der Waals surface area contributed by atoms with Crippen LogP contribution < -0.4 is 14.8 Å². The van der Waals surface area contributed by atoms with E-state index in [-0.39, 0.29) is 23.7 Å². The minimum absolute atomic E-state index is 0.0302.